The Morgan fingerprint density at radius 3 is 2.38 bits per heavy atom. The van der Waals surface area contributed by atoms with Crippen molar-refractivity contribution >= 4 is 39.3 Å². The first kappa shape index (κ1) is 26.8. The van der Waals surface area contributed by atoms with Gasteiger partial charge in [-0.1, -0.05) is 24.3 Å². The van der Waals surface area contributed by atoms with Crippen molar-refractivity contribution < 1.29 is 18.7 Å². The number of anilines is 2. The van der Waals surface area contributed by atoms with Crippen LogP contribution in [0, 0.1) is 0 Å². The van der Waals surface area contributed by atoms with Crippen molar-refractivity contribution in [3.05, 3.63) is 112 Å². The molecule has 2 heterocycles. The lowest BCUT2D eigenvalue weighted by molar-refractivity contribution is 0.0692. The summed E-state index contributed by atoms with van der Waals surface area (Å²) in [6.07, 6.45) is 0. The molecular formula is C34H30N3O5+. The molecule has 0 atom stereocenters. The number of carboxylic acid groups (broad SMARTS) is 1. The number of aromatic carboxylic acids is 1. The Labute approximate surface area is 241 Å². The zero-order valence-electron chi connectivity index (χ0n) is 23.8. The van der Waals surface area contributed by atoms with Crippen LogP contribution in [0.2, 0.25) is 0 Å². The minimum Gasteiger partial charge on any atom is -0.477 e. The molecular weight excluding hydrogens is 530 g/mol. The van der Waals surface area contributed by atoms with Crippen LogP contribution in [0.15, 0.2) is 98.6 Å². The number of fused-ring (bicyclic) bond motifs is 3. The molecule has 0 amide bonds. The highest BCUT2D eigenvalue weighted by Crippen LogP contribution is 2.41. The molecule has 4 aromatic rings. The standard InChI is InChI=1S/C34H29N3O5/c1-36(2)24-11-13-26-30(17-24)41-31-18-25(37(3)4)12-14-27(31)32(26)21-7-9-23(10-8-21)35-19-20-5-6-22-16-28(33(38)39)34(40)42-29(22)15-20/h5-18H,19H2,1-4H3,(H,38,39)/p+1. The van der Waals surface area contributed by atoms with Gasteiger partial charge in [-0.15, -0.1) is 0 Å². The summed E-state index contributed by atoms with van der Waals surface area (Å²) in [5.41, 5.74) is 6.04. The molecule has 210 valence electrons. The number of hydrogen-bond acceptors (Lipinski definition) is 6. The summed E-state index contributed by atoms with van der Waals surface area (Å²) in [6.45, 7) is 0.496. The number of nitrogens with zero attached hydrogens (tertiary/aromatic N) is 2. The Balaban J connectivity index is 1.33. The zero-order chi connectivity index (χ0) is 29.5. The molecule has 0 unspecified atom stereocenters. The number of hydrogen-bond donors (Lipinski definition) is 2. The highest BCUT2D eigenvalue weighted by Gasteiger charge is 2.19. The van der Waals surface area contributed by atoms with E-state index in [2.05, 4.69) is 63.3 Å². The van der Waals surface area contributed by atoms with Gasteiger partial charge in [-0.05, 0) is 53.6 Å². The minimum atomic E-state index is -1.30. The molecule has 8 heteroatoms. The zero-order valence-corrected chi connectivity index (χ0v) is 23.8. The molecule has 0 saturated heterocycles. The summed E-state index contributed by atoms with van der Waals surface area (Å²) in [5.74, 6) is -0.484. The van der Waals surface area contributed by atoms with Gasteiger partial charge < -0.3 is 24.2 Å². The maximum Gasteiger partial charge on any atom is 0.351 e. The molecule has 8 nitrogen and oxygen atoms in total. The van der Waals surface area contributed by atoms with Gasteiger partial charge in [0.15, 0.2) is 0 Å². The van der Waals surface area contributed by atoms with E-state index in [0.717, 1.165) is 55.7 Å². The number of nitrogens with one attached hydrogen (secondary N) is 1. The summed E-state index contributed by atoms with van der Waals surface area (Å²) < 4.78 is 13.7. The minimum absolute atomic E-state index is 0.350. The molecule has 2 aliphatic rings. The van der Waals surface area contributed by atoms with E-state index in [4.69, 9.17) is 13.9 Å². The second-order valence-electron chi connectivity index (χ2n) is 10.7. The van der Waals surface area contributed by atoms with E-state index >= 15 is 0 Å². The molecule has 2 N–H and O–H groups in total. The van der Waals surface area contributed by atoms with E-state index in [-0.39, 0.29) is 5.56 Å². The van der Waals surface area contributed by atoms with E-state index in [1.165, 1.54) is 6.07 Å². The number of rotatable bonds is 6. The molecule has 3 aromatic carbocycles. The fraction of sp³-hybridized carbons (Fsp3) is 0.147. The Morgan fingerprint density at radius 2 is 1.67 bits per heavy atom. The Hall–Kier alpha value is -5.37. The lowest BCUT2D eigenvalue weighted by atomic mass is 9.93. The molecule has 0 radical (unpaired) electrons. The monoisotopic (exact) mass is 560 g/mol. The first-order valence-electron chi connectivity index (χ1n) is 13.5. The van der Waals surface area contributed by atoms with E-state index in [9.17, 15) is 9.59 Å². The van der Waals surface area contributed by atoms with Crippen LogP contribution < -0.4 is 25.8 Å². The fourth-order valence-corrected chi connectivity index (χ4v) is 5.11. The Kier molecular flexibility index (Phi) is 6.74. The van der Waals surface area contributed by atoms with Crippen molar-refractivity contribution in [1.29, 1.82) is 0 Å². The second kappa shape index (κ2) is 10.6. The van der Waals surface area contributed by atoms with Crippen molar-refractivity contribution in [2.24, 2.45) is 0 Å². The van der Waals surface area contributed by atoms with Gasteiger partial charge in [0.05, 0.1) is 6.07 Å². The number of carboxylic acids is 1. The van der Waals surface area contributed by atoms with Crippen LogP contribution in [-0.4, -0.2) is 39.3 Å². The first-order valence-corrected chi connectivity index (χ1v) is 13.5. The van der Waals surface area contributed by atoms with Crippen molar-refractivity contribution in [1.82, 2.24) is 4.58 Å². The van der Waals surface area contributed by atoms with Crippen LogP contribution in [0.1, 0.15) is 15.9 Å². The van der Waals surface area contributed by atoms with Gasteiger partial charge in [0, 0.05) is 66.0 Å². The molecule has 1 aliphatic heterocycles. The molecule has 1 aromatic heterocycles. The molecule has 1 aliphatic carbocycles. The van der Waals surface area contributed by atoms with Crippen molar-refractivity contribution in [3.8, 4) is 22.5 Å². The largest absolute Gasteiger partial charge is 0.477 e. The third kappa shape index (κ3) is 4.99. The van der Waals surface area contributed by atoms with E-state index < -0.39 is 11.6 Å². The third-order valence-corrected chi connectivity index (χ3v) is 7.42. The van der Waals surface area contributed by atoms with Crippen LogP contribution in [-0.2, 0) is 6.54 Å². The predicted molar refractivity (Wildman–Crippen MR) is 166 cm³/mol. The maximum absolute atomic E-state index is 12.0. The molecule has 0 bridgehead atoms. The Bertz CT molecular complexity index is 2080. The molecule has 0 saturated carbocycles. The van der Waals surface area contributed by atoms with Crippen molar-refractivity contribution in [2.75, 3.05) is 38.4 Å². The number of carbonyl (C=O) groups is 1. The average Bonchev–Trinajstić information content (AvgIpc) is 2.97. The predicted octanol–water partition coefficient (Wildman–Crippen LogP) is 5.72. The quantitative estimate of drug-likeness (QED) is 0.153. The molecule has 6 rings (SSSR count). The molecule has 0 fully saturated rings. The van der Waals surface area contributed by atoms with Gasteiger partial charge >= 0.3 is 11.6 Å². The van der Waals surface area contributed by atoms with Crippen LogP contribution in [0.4, 0.5) is 11.4 Å². The first-order chi connectivity index (χ1) is 20.2. The van der Waals surface area contributed by atoms with Crippen LogP contribution in [0.5, 0.6) is 0 Å². The molecule has 0 spiro atoms. The average molecular weight is 561 g/mol. The summed E-state index contributed by atoms with van der Waals surface area (Å²) in [4.78, 5) is 25.3. The fourth-order valence-electron chi connectivity index (χ4n) is 5.11. The van der Waals surface area contributed by atoms with Crippen LogP contribution in [0.25, 0.3) is 44.4 Å². The van der Waals surface area contributed by atoms with Crippen LogP contribution in [0.3, 0.4) is 0 Å². The SMILES string of the molecule is CN(C)c1ccc2c(-c3ccc(NCc4ccc5cc(C(=O)O)c(=O)oc5c4)cc3)c3ccc(=[N+](C)C)cc-3oc2c1. The molecule has 42 heavy (non-hydrogen) atoms. The van der Waals surface area contributed by atoms with E-state index in [1.807, 2.05) is 46.4 Å². The van der Waals surface area contributed by atoms with Crippen molar-refractivity contribution in [2.45, 2.75) is 6.54 Å². The van der Waals surface area contributed by atoms with Gasteiger partial charge in [-0.2, -0.15) is 0 Å². The van der Waals surface area contributed by atoms with E-state index in [1.54, 1.807) is 12.1 Å². The normalized spacial score (nSPS) is 11.2. The highest BCUT2D eigenvalue weighted by atomic mass is 16.4. The third-order valence-electron chi connectivity index (χ3n) is 7.42. The Morgan fingerprint density at radius 1 is 0.881 bits per heavy atom. The topological polar surface area (TPSA) is 98.9 Å². The maximum atomic E-state index is 12.0. The van der Waals surface area contributed by atoms with Gasteiger partial charge in [-0.3, -0.25) is 0 Å². The van der Waals surface area contributed by atoms with Gasteiger partial charge in [0.2, 0.25) is 5.36 Å². The lowest BCUT2D eigenvalue weighted by Gasteiger charge is -2.18. The summed E-state index contributed by atoms with van der Waals surface area (Å²) >= 11 is 0. The van der Waals surface area contributed by atoms with Crippen LogP contribution >= 0.6 is 0 Å². The van der Waals surface area contributed by atoms with Crippen molar-refractivity contribution in [3.63, 3.8) is 0 Å². The van der Waals surface area contributed by atoms with Gasteiger partial charge in [-0.25, -0.2) is 14.2 Å². The summed E-state index contributed by atoms with van der Waals surface area (Å²) in [7, 11) is 8.06. The smallest absolute Gasteiger partial charge is 0.351 e. The lowest BCUT2D eigenvalue weighted by Crippen LogP contribution is -2.21. The van der Waals surface area contributed by atoms with E-state index in [0.29, 0.717) is 17.5 Å². The summed E-state index contributed by atoms with van der Waals surface area (Å²) in [6, 6.07) is 27.6. The number of benzene rings is 4. The summed E-state index contributed by atoms with van der Waals surface area (Å²) in [5, 5.41) is 15.3. The van der Waals surface area contributed by atoms with Gasteiger partial charge in [0.25, 0.3) is 0 Å². The van der Waals surface area contributed by atoms with Gasteiger partial charge in [0.1, 0.15) is 36.6 Å². The highest BCUT2D eigenvalue weighted by molar-refractivity contribution is 6.02. The second-order valence-corrected chi connectivity index (χ2v) is 10.7.